The molecule has 0 aliphatic carbocycles. The number of carbonyl (C=O) groups is 2. The minimum Gasteiger partial charge on any atom is -0.457 e. The number of hydrogen-bond donors (Lipinski definition) is 0. The summed E-state index contributed by atoms with van der Waals surface area (Å²) in [6.45, 7) is 1.02. The number of esters is 1. The molecule has 2 aromatic rings. The molecule has 0 saturated carbocycles. The Hall–Kier alpha value is -2.81. The van der Waals surface area contributed by atoms with Gasteiger partial charge in [-0.3, -0.25) is 19.7 Å². The number of thioether (sulfide) groups is 1. The Kier molecular flexibility index (Phi) is 7.00. The van der Waals surface area contributed by atoms with E-state index in [0.29, 0.717) is 10.5 Å². The number of aryl methyl sites for hydroxylation is 1. The lowest BCUT2D eigenvalue weighted by molar-refractivity contribution is -0.385. The maximum Gasteiger partial charge on any atom is 0.307 e. The number of rotatable bonds is 8. The zero-order chi connectivity index (χ0) is 20.0. The molecule has 0 bridgehead atoms. The molecule has 6 nitrogen and oxygen atoms in total. The predicted octanol–water partition coefficient (Wildman–Crippen LogP) is 4.09. The molecule has 0 spiro atoms. The zero-order valence-corrected chi connectivity index (χ0v) is 15.1. The summed E-state index contributed by atoms with van der Waals surface area (Å²) < 4.78 is 30.8. The number of ether oxygens (including phenoxy) is 1. The minimum atomic E-state index is -0.972. The molecule has 0 amide bonds. The highest BCUT2D eigenvalue weighted by molar-refractivity contribution is 7.99. The van der Waals surface area contributed by atoms with E-state index in [4.69, 9.17) is 4.74 Å². The number of ketones is 1. The minimum absolute atomic E-state index is 0.0367. The van der Waals surface area contributed by atoms with Crippen LogP contribution in [0.4, 0.5) is 14.5 Å². The first-order valence-corrected chi connectivity index (χ1v) is 8.78. The van der Waals surface area contributed by atoms with E-state index in [2.05, 4.69) is 0 Å². The molecule has 0 aromatic heterocycles. The summed E-state index contributed by atoms with van der Waals surface area (Å²) in [4.78, 5) is 34.5. The van der Waals surface area contributed by atoms with Crippen molar-refractivity contribution in [2.24, 2.45) is 0 Å². The fourth-order valence-corrected chi connectivity index (χ4v) is 2.96. The number of nitrogens with zero attached hydrogens (tertiary/aromatic N) is 1. The number of halogens is 2. The third kappa shape index (κ3) is 5.85. The van der Waals surface area contributed by atoms with Crippen LogP contribution in [0.1, 0.15) is 22.3 Å². The summed E-state index contributed by atoms with van der Waals surface area (Å²) >= 11 is 1.14. The Bertz CT molecular complexity index is 888. The van der Waals surface area contributed by atoms with Crippen LogP contribution in [-0.2, 0) is 9.53 Å². The Balaban J connectivity index is 1.81. The summed E-state index contributed by atoms with van der Waals surface area (Å²) in [6, 6.07) is 7.43. The summed E-state index contributed by atoms with van der Waals surface area (Å²) in [5.74, 6) is -2.86. The second kappa shape index (κ2) is 9.22. The van der Waals surface area contributed by atoms with Crippen molar-refractivity contribution >= 4 is 29.2 Å². The molecule has 0 radical (unpaired) electrons. The van der Waals surface area contributed by atoms with Crippen molar-refractivity contribution in [3.8, 4) is 0 Å². The molecular weight excluding hydrogens is 380 g/mol. The number of nitro groups is 1. The van der Waals surface area contributed by atoms with Crippen molar-refractivity contribution in [2.45, 2.75) is 18.2 Å². The molecule has 2 rings (SSSR count). The molecule has 0 aliphatic heterocycles. The summed E-state index contributed by atoms with van der Waals surface area (Å²) in [5.41, 5.74) is 0.314. The van der Waals surface area contributed by atoms with Gasteiger partial charge in [-0.25, -0.2) is 8.78 Å². The van der Waals surface area contributed by atoms with Crippen molar-refractivity contribution in [1.82, 2.24) is 0 Å². The molecule has 0 saturated heterocycles. The molecule has 9 heteroatoms. The molecule has 2 aromatic carbocycles. The molecule has 0 unspecified atom stereocenters. The van der Waals surface area contributed by atoms with Gasteiger partial charge in [-0.1, -0.05) is 12.1 Å². The average Bonchev–Trinajstić information content (AvgIpc) is 2.62. The van der Waals surface area contributed by atoms with Gasteiger partial charge in [0.05, 0.1) is 11.3 Å². The predicted molar refractivity (Wildman–Crippen MR) is 94.8 cm³/mol. The van der Waals surface area contributed by atoms with Crippen LogP contribution in [0.2, 0.25) is 0 Å². The SMILES string of the molecule is Cc1ccc(C(=O)COC(=O)CCSc2ccc(F)c(F)c2)cc1[N+](=O)[O-]. The molecule has 0 N–H and O–H groups in total. The normalized spacial score (nSPS) is 10.5. The maximum atomic E-state index is 13.1. The number of hydrogen-bond acceptors (Lipinski definition) is 6. The fourth-order valence-electron chi connectivity index (χ4n) is 2.10. The Labute approximate surface area is 157 Å². The topological polar surface area (TPSA) is 86.5 Å². The standard InChI is InChI=1S/C18H15F2NO5S/c1-11-2-3-12(8-16(11)21(24)25)17(22)10-26-18(23)6-7-27-13-4-5-14(19)15(20)9-13/h2-5,8-9H,6-7,10H2,1H3. The van der Waals surface area contributed by atoms with E-state index >= 15 is 0 Å². The summed E-state index contributed by atoms with van der Waals surface area (Å²) in [6.07, 6.45) is -0.0367. The van der Waals surface area contributed by atoms with Crippen LogP contribution in [0, 0.1) is 28.7 Å². The highest BCUT2D eigenvalue weighted by Crippen LogP contribution is 2.22. The highest BCUT2D eigenvalue weighted by Gasteiger charge is 2.16. The van der Waals surface area contributed by atoms with Gasteiger partial charge in [0, 0.05) is 27.8 Å². The molecule has 0 atom stereocenters. The van der Waals surface area contributed by atoms with E-state index < -0.39 is 34.9 Å². The Morgan fingerprint density at radius 1 is 1.15 bits per heavy atom. The highest BCUT2D eigenvalue weighted by atomic mass is 32.2. The third-order valence-corrected chi connectivity index (χ3v) is 4.55. The number of benzene rings is 2. The zero-order valence-electron chi connectivity index (χ0n) is 14.2. The van der Waals surface area contributed by atoms with Gasteiger partial charge in [-0.2, -0.15) is 0 Å². The fraction of sp³-hybridized carbons (Fsp3) is 0.222. The van der Waals surface area contributed by atoms with Gasteiger partial charge in [0.25, 0.3) is 5.69 Å². The van der Waals surface area contributed by atoms with Gasteiger partial charge in [0.15, 0.2) is 18.2 Å². The lowest BCUT2D eigenvalue weighted by Gasteiger charge is -2.06. The van der Waals surface area contributed by atoms with Crippen LogP contribution >= 0.6 is 11.8 Å². The van der Waals surface area contributed by atoms with E-state index in [1.54, 1.807) is 6.92 Å². The second-order valence-electron chi connectivity index (χ2n) is 5.52. The Morgan fingerprint density at radius 2 is 1.89 bits per heavy atom. The van der Waals surface area contributed by atoms with Gasteiger partial charge in [-0.15, -0.1) is 11.8 Å². The van der Waals surface area contributed by atoms with E-state index in [9.17, 15) is 28.5 Å². The van der Waals surface area contributed by atoms with Gasteiger partial charge in [-0.05, 0) is 25.1 Å². The van der Waals surface area contributed by atoms with E-state index in [1.807, 2.05) is 0 Å². The largest absolute Gasteiger partial charge is 0.457 e. The van der Waals surface area contributed by atoms with Crippen molar-refractivity contribution in [1.29, 1.82) is 0 Å². The Morgan fingerprint density at radius 3 is 2.56 bits per heavy atom. The molecule has 0 heterocycles. The first-order chi connectivity index (χ1) is 12.8. The first kappa shape index (κ1) is 20.5. The second-order valence-corrected chi connectivity index (χ2v) is 6.68. The molecular formula is C18H15F2NO5S. The smallest absolute Gasteiger partial charge is 0.307 e. The van der Waals surface area contributed by atoms with Crippen LogP contribution in [0.15, 0.2) is 41.3 Å². The van der Waals surface area contributed by atoms with Crippen LogP contribution < -0.4 is 0 Å². The number of Topliss-reactive ketones (excluding diaryl/α,β-unsaturated/α-hetero) is 1. The summed E-state index contributed by atoms with van der Waals surface area (Å²) in [7, 11) is 0. The van der Waals surface area contributed by atoms with E-state index in [-0.39, 0.29) is 23.4 Å². The maximum absolute atomic E-state index is 13.1. The van der Waals surface area contributed by atoms with E-state index in [1.165, 1.54) is 18.2 Å². The summed E-state index contributed by atoms with van der Waals surface area (Å²) in [5, 5.41) is 10.9. The molecule has 0 aliphatic rings. The number of carbonyl (C=O) groups excluding carboxylic acids is 2. The quantitative estimate of drug-likeness (QED) is 0.220. The van der Waals surface area contributed by atoms with Crippen LogP contribution in [0.3, 0.4) is 0 Å². The van der Waals surface area contributed by atoms with Gasteiger partial charge < -0.3 is 4.74 Å². The molecule has 0 fully saturated rings. The lowest BCUT2D eigenvalue weighted by atomic mass is 10.1. The average molecular weight is 395 g/mol. The molecule has 142 valence electrons. The third-order valence-electron chi connectivity index (χ3n) is 3.56. The van der Waals surface area contributed by atoms with Gasteiger partial charge >= 0.3 is 5.97 Å². The van der Waals surface area contributed by atoms with Crippen molar-refractivity contribution < 1.29 is 28.0 Å². The van der Waals surface area contributed by atoms with Crippen LogP contribution in [-0.4, -0.2) is 29.0 Å². The monoisotopic (exact) mass is 395 g/mol. The molecule has 27 heavy (non-hydrogen) atoms. The van der Waals surface area contributed by atoms with Crippen molar-refractivity contribution in [2.75, 3.05) is 12.4 Å². The lowest BCUT2D eigenvalue weighted by Crippen LogP contribution is -2.14. The van der Waals surface area contributed by atoms with E-state index in [0.717, 1.165) is 30.0 Å². The van der Waals surface area contributed by atoms with Gasteiger partial charge in [0.2, 0.25) is 5.78 Å². The van der Waals surface area contributed by atoms with Gasteiger partial charge in [0.1, 0.15) is 0 Å². The first-order valence-electron chi connectivity index (χ1n) is 7.79. The van der Waals surface area contributed by atoms with Crippen molar-refractivity contribution in [3.05, 3.63) is 69.3 Å². The van der Waals surface area contributed by atoms with Crippen molar-refractivity contribution in [3.63, 3.8) is 0 Å². The van der Waals surface area contributed by atoms with Crippen LogP contribution in [0.25, 0.3) is 0 Å². The number of nitro benzene ring substituents is 1. The van der Waals surface area contributed by atoms with Crippen LogP contribution in [0.5, 0.6) is 0 Å².